The van der Waals surface area contributed by atoms with E-state index in [9.17, 15) is 9.59 Å². The predicted octanol–water partition coefficient (Wildman–Crippen LogP) is 1.62. The number of carbonyl (C=O) groups is 2. The molecule has 6 heteroatoms. The van der Waals surface area contributed by atoms with Crippen molar-refractivity contribution in [2.45, 2.75) is 52.6 Å². The number of nitrogens with zero attached hydrogens (tertiary/aromatic N) is 2. The third-order valence-corrected chi connectivity index (χ3v) is 2.78. The first kappa shape index (κ1) is 15.2. The molecule has 1 rings (SSSR count). The predicted molar refractivity (Wildman–Crippen MR) is 71.2 cm³/mol. The molecule has 0 aromatic carbocycles. The Labute approximate surface area is 112 Å². The summed E-state index contributed by atoms with van der Waals surface area (Å²) >= 11 is 0. The molecule has 0 spiro atoms. The highest BCUT2D eigenvalue weighted by atomic mass is 16.4. The van der Waals surface area contributed by atoms with Crippen LogP contribution >= 0.6 is 0 Å². The normalized spacial score (nSPS) is 12.5. The van der Waals surface area contributed by atoms with E-state index in [1.807, 2.05) is 20.8 Å². The first-order valence-electron chi connectivity index (χ1n) is 6.45. The van der Waals surface area contributed by atoms with Crippen LogP contribution in [0.15, 0.2) is 6.07 Å². The van der Waals surface area contributed by atoms with Gasteiger partial charge in [0.1, 0.15) is 5.69 Å². The molecule has 6 nitrogen and oxygen atoms in total. The molecular formula is C13H21N3O3. The molecule has 0 fully saturated rings. The largest absolute Gasteiger partial charge is 0.481 e. The summed E-state index contributed by atoms with van der Waals surface area (Å²) in [4.78, 5) is 22.7. The zero-order valence-corrected chi connectivity index (χ0v) is 11.8. The molecule has 1 unspecified atom stereocenters. The Morgan fingerprint density at radius 1 is 1.42 bits per heavy atom. The summed E-state index contributed by atoms with van der Waals surface area (Å²) in [5.74, 6) is -0.967. The van der Waals surface area contributed by atoms with Crippen LogP contribution in [0.3, 0.4) is 0 Å². The fraction of sp³-hybridized carbons (Fsp3) is 0.615. The third-order valence-electron chi connectivity index (χ3n) is 2.78. The van der Waals surface area contributed by atoms with E-state index in [-0.39, 0.29) is 18.2 Å². The van der Waals surface area contributed by atoms with E-state index >= 15 is 0 Å². The highest BCUT2D eigenvalue weighted by Gasteiger charge is 2.18. The molecule has 1 aromatic heterocycles. The second kappa shape index (κ2) is 6.36. The molecule has 0 saturated carbocycles. The standard InChI is InChI=1S/C13H21N3O3/c1-5-16-11(7-10(15-16)8(2)3)13(19)14-9(4)6-12(17)18/h7-9H,5-6H2,1-4H3,(H,14,19)(H,17,18). The SMILES string of the molecule is CCn1nc(C(C)C)cc1C(=O)NC(C)CC(=O)O. The summed E-state index contributed by atoms with van der Waals surface area (Å²) in [6.07, 6.45) is -0.0942. The number of hydrogen-bond donors (Lipinski definition) is 2. The second-order valence-corrected chi connectivity index (χ2v) is 4.90. The van der Waals surface area contributed by atoms with Crippen molar-refractivity contribution in [3.8, 4) is 0 Å². The molecule has 0 bridgehead atoms. The number of aromatic nitrogens is 2. The van der Waals surface area contributed by atoms with Gasteiger partial charge in [-0.25, -0.2) is 0 Å². The van der Waals surface area contributed by atoms with Crippen LogP contribution in [-0.2, 0) is 11.3 Å². The van der Waals surface area contributed by atoms with Crippen molar-refractivity contribution in [1.29, 1.82) is 0 Å². The van der Waals surface area contributed by atoms with Crippen LogP contribution in [0.25, 0.3) is 0 Å². The number of carboxylic acids is 1. The van der Waals surface area contributed by atoms with Gasteiger partial charge in [-0.1, -0.05) is 13.8 Å². The Morgan fingerprint density at radius 3 is 2.53 bits per heavy atom. The van der Waals surface area contributed by atoms with Gasteiger partial charge in [-0.15, -0.1) is 0 Å². The highest BCUT2D eigenvalue weighted by molar-refractivity contribution is 5.93. The first-order chi connectivity index (χ1) is 8.85. The fourth-order valence-electron chi connectivity index (χ4n) is 1.75. The van der Waals surface area contributed by atoms with Gasteiger partial charge in [-0.05, 0) is 25.8 Å². The summed E-state index contributed by atoms with van der Waals surface area (Å²) in [5.41, 5.74) is 1.33. The summed E-state index contributed by atoms with van der Waals surface area (Å²) in [7, 11) is 0. The van der Waals surface area contributed by atoms with Gasteiger partial charge in [0.25, 0.3) is 5.91 Å². The molecule has 0 saturated heterocycles. The Kier molecular flexibility index (Phi) is 5.09. The molecule has 19 heavy (non-hydrogen) atoms. The summed E-state index contributed by atoms with van der Waals surface area (Å²) in [6, 6.07) is 1.35. The van der Waals surface area contributed by atoms with E-state index in [0.29, 0.717) is 12.2 Å². The van der Waals surface area contributed by atoms with Crippen LogP contribution in [0.2, 0.25) is 0 Å². The molecule has 1 amide bonds. The lowest BCUT2D eigenvalue weighted by Crippen LogP contribution is -2.35. The van der Waals surface area contributed by atoms with Gasteiger partial charge in [0.2, 0.25) is 0 Å². The van der Waals surface area contributed by atoms with Gasteiger partial charge in [0.05, 0.1) is 12.1 Å². The average Bonchev–Trinajstić information content (AvgIpc) is 2.71. The van der Waals surface area contributed by atoms with Crippen LogP contribution in [0, 0.1) is 0 Å². The number of nitrogens with one attached hydrogen (secondary N) is 1. The maximum Gasteiger partial charge on any atom is 0.305 e. The smallest absolute Gasteiger partial charge is 0.305 e. The Hall–Kier alpha value is -1.85. The molecule has 1 aromatic rings. The number of aliphatic carboxylic acids is 1. The van der Waals surface area contributed by atoms with Gasteiger partial charge < -0.3 is 10.4 Å². The number of aryl methyl sites for hydroxylation is 1. The summed E-state index contributed by atoms with van der Waals surface area (Å²) < 4.78 is 1.64. The molecule has 1 atom stereocenters. The first-order valence-corrected chi connectivity index (χ1v) is 6.45. The van der Waals surface area contributed by atoms with Crippen molar-refractivity contribution >= 4 is 11.9 Å². The zero-order valence-electron chi connectivity index (χ0n) is 11.8. The summed E-state index contributed by atoms with van der Waals surface area (Å²) in [6.45, 7) is 8.20. The number of carbonyl (C=O) groups excluding carboxylic acids is 1. The maximum absolute atomic E-state index is 12.1. The number of amides is 1. The molecule has 0 radical (unpaired) electrons. The molecule has 0 aliphatic rings. The zero-order chi connectivity index (χ0) is 14.6. The van der Waals surface area contributed by atoms with Crippen molar-refractivity contribution in [3.05, 3.63) is 17.5 Å². The van der Waals surface area contributed by atoms with Crippen molar-refractivity contribution < 1.29 is 14.7 Å². The van der Waals surface area contributed by atoms with Crippen molar-refractivity contribution in [3.63, 3.8) is 0 Å². The quantitative estimate of drug-likeness (QED) is 0.820. The lowest BCUT2D eigenvalue weighted by Gasteiger charge is -2.11. The van der Waals surface area contributed by atoms with E-state index in [4.69, 9.17) is 5.11 Å². The molecule has 0 aliphatic heterocycles. The van der Waals surface area contributed by atoms with Gasteiger partial charge in [0, 0.05) is 12.6 Å². The molecular weight excluding hydrogens is 246 g/mol. The lowest BCUT2D eigenvalue weighted by atomic mass is 10.1. The van der Waals surface area contributed by atoms with Gasteiger partial charge in [0.15, 0.2) is 0 Å². The van der Waals surface area contributed by atoms with E-state index in [1.165, 1.54) is 0 Å². The maximum atomic E-state index is 12.1. The average molecular weight is 267 g/mol. The Bertz CT molecular complexity index is 466. The molecule has 1 heterocycles. The highest BCUT2D eigenvalue weighted by Crippen LogP contribution is 2.14. The number of carboxylic acid groups (broad SMARTS) is 1. The van der Waals surface area contributed by atoms with Crippen LogP contribution in [0.5, 0.6) is 0 Å². The second-order valence-electron chi connectivity index (χ2n) is 4.90. The van der Waals surface area contributed by atoms with E-state index in [0.717, 1.165) is 5.69 Å². The van der Waals surface area contributed by atoms with Gasteiger partial charge in [-0.2, -0.15) is 5.10 Å². The molecule has 0 aliphatic carbocycles. The van der Waals surface area contributed by atoms with Crippen LogP contribution in [0.4, 0.5) is 0 Å². The van der Waals surface area contributed by atoms with Crippen molar-refractivity contribution in [2.24, 2.45) is 0 Å². The minimum Gasteiger partial charge on any atom is -0.481 e. The van der Waals surface area contributed by atoms with Crippen molar-refractivity contribution in [1.82, 2.24) is 15.1 Å². The fourth-order valence-corrected chi connectivity index (χ4v) is 1.75. The van der Waals surface area contributed by atoms with Crippen LogP contribution in [-0.4, -0.2) is 32.8 Å². The third kappa shape index (κ3) is 4.08. The van der Waals surface area contributed by atoms with E-state index in [2.05, 4.69) is 10.4 Å². The Morgan fingerprint density at radius 2 is 2.05 bits per heavy atom. The monoisotopic (exact) mass is 267 g/mol. The topological polar surface area (TPSA) is 84.2 Å². The number of rotatable bonds is 6. The molecule has 2 N–H and O–H groups in total. The van der Waals surface area contributed by atoms with Gasteiger partial charge >= 0.3 is 5.97 Å². The minimum atomic E-state index is -0.931. The lowest BCUT2D eigenvalue weighted by molar-refractivity contribution is -0.137. The minimum absolute atomic E-state index is 0.0942. The van der Waals surface area contributed by atoms with E-state index < -0.39 is 12.0 Å². The summed E-state index contributed by atoms with van der Waals surface area (Å²) in [5, 5.41) is 15.7. The number of hydrogen-bond acceptors (Lipinski definition) is 3. The molecule has 106 valence electrons. The van der Waals surface area contributed by atoms with Gasteiger partial charge in [-0.3, -0.25) is 14.3 Å². The van der Waals surface area contributed by atoms with Crippen molar-refractivity contribution in [2.75, 3.05) is 0 Å². The van der Waals surface area contributed by atoms with Crippen LogP contribution in [0.1, 0.15) is 56.2 Å². The van der Waals surface area contributed by atoms with E-state index in [1.54, 1.807) is 17.7 Å². The van der Waals surface area contributed by atoms with Crippen LogP contribution < -0.4 is 5.32 Å². The Balaban J connectivity index is 2.83.